The first kappa shape index (κ1) is 13.3. The van der Waals surface area contributed by atoms with Crippen molar-refractivity contribution in [3.05, 3.63) is 23.5 Å². The number of likely N-dealkylation sites (tertiary alicyclic amines) is 1. The lowest BCUT2D eigenvalue weighted by atomic mass is 10.0. The van der Waals surface area contributed by atoms with Gasteiger partial charge in [0.2, 0.25) is 0 Å². The SMILES string of the molecule is Cc1ncc(N)cc1C(=O)N1CCCC2(C1)OCCO2. The summed E-state index contributed by atoms with van der Waals surface area (Å²) in [5, 5.41) is 0. The second-order valence-electron chi connectivity index (χ2n) is 5.34. The quantitative estimate of drug-likeness (QED) is 0.827. The lowest BCUT2D eigenvalue weighted by Gasteiger charge is -2.38. The van der Waals surface area contributed by atoms with Gasteiger partial charge >= 0.3 is 0 Å². The summed E-state index contributed by atoms with van der Waals surface area (Å²) in [5.74, 6) is -0.657. The van der Waals surface area contributed by atoms with Crippen LogP contribution in [0.15, 0.2) is 12.3 Å². The second kappa shape index (κ2) is 5.03. The van der Waals surface area contributed by atoms with Gasteiger partial charge in [0.1, 0.15) is 0 Å². The normalized spacial score (nSPS) is 21.4. The maximum absolute atomic E-state index is 12.6. The molecule has 6 nitrogen and oxygen atoms in total. The molecule has 6 heteroatoms. The molecule has 3 heterocycles. The van der Waals surface area contributed by atoms with Crippen molar-refractivity contribution < 1.29 is 14.3 Å². The van der Waals surface area contributed by atoms with Crippen molar-refractivity contribution >= 4 is 11.6 Å². The van der Waals surface area contributed by atoms with Crippen molar-refractivity contribution in [3.8, 4) is 0 Å². The van der Waals surface area contributed by atoms with E-state index in [0.717, 1.165) is 12.8 Å². The lowest BCUT2D eigenvalue weighted by molar-refractivity contribution is -0.183. The van der Waals surface area contributed by atoms with Crippen LogP contribution in [-0.4, -0.2) is 47.9 Å². The van der Waals surface area contributed by atoms with E-state index in [1.807, 2.05) is 6.92 Å². The number of aromatic nitrogens is 1. The molecule has 1 aromatic heterocycles. The molecule has 1 aromatic rings. The van der Waals surface area contributed by atoms with Crippen LogP contribution in [0.2, 0.25) is 0 Å². The van der Waals surface area contributed by atoms with E-state index < -0.39 is 5.79 Å². The number of hydrogen-bond donors (Lipinski definition) is 1. The van der Waals surface area contributed by atoms with Gasteiger partial charge < -0.3 is 20.1 Å². The molecule has 2 saturated heterocycles. The van der Waals surface area contributed by atoms with Crippen LogP contribution in [0.4, 0.5) is 5.69 Å². The molecule has 0 aliphatic carbocycles. The van der Waals surface area contributed by atoms with Gasteiger partial charge in [-0.05, 0) is 19.4 Å². The van der Waals surface area contributed by atoms with Crippen molar-refractivity contribution in [1.82, 2.24) is 9.88 Å². The number of nitrogen functional groups attached to an aromatic ring is 1. The molecule has 2 N–H and O–H groups in total. The van der Waals surface area contributed by atoms with Gasteiger partial charge in [-0.2, -0.15) is 0 Å². The summed E-state index contributed by atoms with van der Waals surface area (Å²) in [7, 11) is 0. The van der Waals surface area contributed by atoms with Gasteiger partial charge in [0.05, 0.1) is 42.9 Å². The number of hydrogen-bond acceptors (Lipinski definition) is 5. The smallest absolute Gasteiger partial charge is 0.255 e. The summed E-state index contributed by atoms with van der Waals surface area (Å²) in [6, 6.07) is 1.68. The molecular weight excluding hydrogens is 258 g/mol. The molecule has 0 saturated carbocycles. The van der Waals surface area contributed by atoms with Crippen LogP contribution in [0, 0.1) is 6.92 Å². The maximum Gasteiger partial charge on any atom is 0.255 e. The van der Waals surface area contributed by atoms with E-state index in [1.54, 1.807) is 17.2 Å². The first-order valence-electron chi connectivity index (χ1n) is 6.89. The fourth-order valence-corrected chi connectivity index (χ4v) is 2.83. The molecule has 0 unspecified atom stereocenters. The third-order valence-corrected chi connectivity index (χ3v) is 3.86. The number of aryl methyl sites for hydroxylation is 1. The molecule has 2 aliphatic heterocycles. The van der Waals surface area contributed by atoms with Crippen molar-refractivity contribution in [2.45, 2.75) is 25.6 Å². The minimum Gasteiger partial charge on any atom is -0.397 e. The summed E-state index contributed by atoms with van der Waals surface area (Å²) >= 11 is 0. The lowest BCUT2D eigenvalue weighted by Crippen LogP contribution is -2.51. The molecule has 0 aromatic carbocycles. The van der Waals surface area contributed by atoms with Gasteiger partial charge in [0.25, 0.3) is 5.91 Å². The van der Waals surface area contributed by atoms with Crippen molar-refractivity contribution in [1.29, 1.82) is 0 Å². The molecule has 2 aliphatic rings. The number of amides is 1. The van der Waals surface area contributed by atoms with Gasteiger partial charge in [0.15, 0.2) is 5.79 Å². The Morgan fingerprint density at radius 1 is 1.45 bits per heavy atom. The average Bonchev–Trinajstić information content (AvgIpc) is 2.88. The van der Waals surface area contributed by atoms with Gasteiger partial charge in [-0.3, -0.25) is 9.78 Å². The Bertz CT molecular complexity index is 526. The third kappa shape index (κ3) is 2.36. The number of carbonyl (C=O) groups is 1. The van der Waals surface area contributed by atoms with Gasteiger partial charge in [0, 0.05) is 13.0 Å². The summed E-state index contributed by atoms with van der Waals surface area (Å²) in [4.78, 5) is 18.6. The number of ether oxygens (including phenoxy) is 2. The fraction of sp³-hybridized carbons (Fsp3) is 0.571. The van der Waals surface area contributed by atoms with Crippen LogP contribution in [0.25, 0.3) is 0 Å². The van der Waals surface area contributed by atoms with E-state index in [1.165, 1.54) is 0 Å². The van der Waals surface area contributed by atoms with E-state index in [4.69, 9.17) is 15.2 Å². The molecule has 0 radical (unpaired) electrons. The zero-order chi connectivity index (χ0) is 14.2. The summed E-state index contributed by atoms with van der Waals surface area (Å²) in [6.45, 7) is 4.19. The average molecular weight is 277 g/mol. The van der Waals surface area contributed by atoms with Crippen LogP contribution >= 0.6 is 0 Å². The Morgan fingerprint density at radius 2 is 2.20 bits per heavy atom. The maximum atomic E-state index is 12.6. The van der Waals surface area contributed by atoms with Crippen molar-refractivity contribution in [2.24, 2.45) is 0 Å². The molecule has 1 spiro atoms. The highest BCUT2D eigenvalue weighted by molar-refractivity contribution is 5.96. The van der Waals surface area contributed by atoms with E-state index in [9.17, 15) is 4.79 Å². The highest BCUT2D eigenvalue weighted by Crippen LogP contribution is 2.31. The Balaban J connectivity index is 1.81. The molecule has 2 fully saturated rings. The largest absolute Gasteiger partial charge is 0.397 e. The van der Waals surface area contributed by atoms with E-state index in [-0.39, 0.29) is 5.91 Å². The highest BCUT2D eigenvalue weighted by Gasteiger charge is 2.42. The Hall–Kier alpha value is -1.66. The van der Waals surface area contributed by atoms with Gasteiger partial charge in [-0.15, -0.1) is 0 Å². The van der Waals surface area contributed by atoms with Crippen LogP contribution in [0.5, 0.6) is 0 Å². The number of rotatable bonds is 1. The number of anilines is 1. The van der Waals surface area contributed by atoms with Crippen LogP contribution in [0.3, 0.4) is 0 Å². The zero-order valence-electron chi connectivity index (χ0n) is 11.6. The molecule has 3 rings (SSSR count). The molecular formula is C14H19N3O3. The zero-order valence-corrected chi connectivity index (χ0v) is 11.6. The van der Waals surface area contributed by atoms with Crippen LogP contribution < -0.4 is 5.73 Å². The van der Waals surface area contributed by atoms with Gasteiger partial charge in [-0.25, -0.2) is 0 Å². The van der Waals surface area contributed by atoms with Crippen LogP contribution in [-0.2, 0) is 9.47 Å². The molecule has 0 atom stereocenters. The monoisotopic (exact) mass is 277 g/mol. The third-order valence-electron chi connectivity index (χ3n) is 3.86. The first-order valence-corrected chi connectivity index (χ1v) is 6.89. The molecule has 108 valence electrons. The summed E-state index contributed by atoms with van der Waals surface area (Å²) in [6.07, 6.45) is 3.28. The number of nitrogens with two attached hydrogens (primary N) is 1. The molecule has 1 amide bonds. The summed E-state index contributed by atoms with van der Waals surface area (Å²) in [5.41, 5.74) is 7.47. The predicted octanol–water partition coefficient (Wildman–Crippen LogP) is 0.951. The minimum atomic E-state index is -0.602. The fourth-order valence-electron chi connectivity index (χ4n) is 2.83. The Kier molecular flexibility index (Phi) is 3.35. The van der Waals surface area contributed by atoms with E-state index in [0.29, 0.717) is 43.2 Å². The minimum absolute atomic E-state index is 0.0551. The van der Waals surface area contributed by atoms with Crippen molar-refractivity contribution in [3.63, 3.8) is 0 Å². The van der Waals surface area contributed by atoms with E-state index >= 15 is 0 Å². The van der Waals surface area contributed by atoms with E-state index in [2.05, 4.69) is 4.98 Å². The molecule has 20 heavy (non-hydrogen) atoms. The number of piperidine rings is 1. The standard InChI is InChI=1S/C14H19N3O3/c1-10-12(7-11(15)8-16-10)13(18)17-4-2-3-14(9-17)19-5-6-20-14/h7-8H,2-6,9,15H2,1H3. The van der Waals surface area contributed by atoms with Crippen LogP contribution in [0.1, 0.15) is 28.9 Å². The molecule has 0 bridgehead atoms. The van der Waals surface area contributed by atoms with Gasteiger partial charge in [-0.1, -0.05) is 0 Å². The van der Waals surface area contributed by atoms with Crippen molar-refractivity contribution in [2.75, 3.05) is 32.0 Å². The number of pyridine rings is 1. The predicted molar refractivity (Wildman–Crippen MR) is 73.2 cm³/mol. The first-order chi connectivity index (χ1) is 9.60. The number of nitrogens with zero attached hydrogens (tertiary/aromatic N) is 2. The summed E-state index contributed by atoms with van der Waals surface area (Å²) < 4.78 is 11.4. The topological polar surface area (TPSA) is 77.7 Å². The number of carbonyl (C=O) groups excluding carboxylic acids is 1. The highest BCUT2D eigenvalue weighted by atomic mass is 16.7. The Labute approximate surface area is 117 Å². The second-order valence-corrected chi connectivity index (χ2v) is 5.34. The Morgan fingerprint density at radius 3 is 2.95 bits per heavy atom.